The van der Waals surface area contributed by atoms with Crippen LogP contribution in [0.15, 0.2) is 34.1 Å². The fourth-order valence-electron chi connectivity index (χ4n) is 3.78. The number of aliphatic carboxylic acids is 1. The maximum atomic E-state index is 13.4. The summed E-state index contributed by atoms with van der Waals surface area (Å²) in [7, 11) is -3.88. The lowest BCUT2D eigenvalue weighted by atomic mass is 10.0. The first-order chi connectivity index (χ1) is 15.6. The molecule has 0 unspecified atom stereocenters. The number of benzene rings is 1. The Morgan fingerprint density at radius 3 is 2.71 bits per heavy atom. The topological polar surface area (TPSA) is 135 Å². The molecule has 0 aliphatic rings. The molecule has 184 valence electrons. The molecule has 2 heterocycles. The van der Waals surface area contributed by atoms with Gasteiger partial charge in [0.05, 0.1) is 11.4 Å². The third-order valence-corrected chi connectivity index (χ3v) is 7.19. The van der Waals surface area contributed by atoms with E-state index in [1.807, 2.05) is 13.8 Å². The van der Waals surface area contributed by atoms with Gasteiger partial charge in [0.2, 0.25) is 10.0 Å². The Kier molecular flexibility index (Phi) is 9.29. The van der Waals surface area contributed by atoms with Crippen LogP contribution in [0.25, 0.3) is 21.8 Å². The van der Waals surface area contributed by atoms with Crippen molar-refractivity contribution >= 4 is 50.2 Å². The van der Waals surface area contributed by atoms with Crippen LogP contribution in [0, 0.1) is 12.3 Å². The van der Waals surface area contributed by atoms with Crippen molar-refractivity contribution in [1.82, 2.24) is 19.6 Å². The van der Waals surface area contributed by atoms with Crippen molar-refractivity contribution < 1.29 is 18.3 Å². The first-order valence-electron chi connectivity index (χ1n) is 10.7. The Bertz CT molecular complexity index is 1370. The molecular formula is C23H29ClN4O5S. The van der Waals surface area contributed by atoms with Crippen molar-refractivity contribution in [3.63, 3.8) is 0 Å². The normalized spacial score (nSPS) is 11.7. The van der Waals surface area contributed by atoms with E-state index < -0.39 is 16.0 Å². The highest BCUT2D eigenvalue weighted by atomic mass is 35.5. The number of hydrogen-bond donors (Lipinski definition) is 4. The van der Waals surface area contributed by atoms with E-state index in [0.29, 0.717) is 41.2 Å². The van der Waals surface area contributed by atoms with Gasteiger partial charge < -0.3 is 20.4 Å². The average molecular weight is 509 g/mol. The second kappa shape index (κ2) is 11.5. The van der Waals surface area contributed by atoms with Crippen LogP contribution < -0.4 is 10.9 Å². The van der Waals surface area contributed by atoms with Gasteiger partial charge in [-0.2, -0.15) is 4.31 Å². The van der Waals surface area contributed by atoms with E-state index >= 15 is 0 Å². The number of carboxylic acid groups (broad SMARTS) is 1. The first-order valence-corrected chi connectivity index (χ1v) is 12.1. The number of fused-ring (bicyclic) bond motifs is 3. The van der Waals surface area contributed by atoms with Crippen LogP contribution in [0.1, 0.15) is 32.3 Å². The van der Waals surface area contributed by atoms with Crippen molar-refractivity contribution in [1.29, 1.82) is 0 Å². The summed E-state index contributed by atoms with van der Waals surface area (Å²) in [5.74, 6) is 1.52. The van der Waals surface area contributed by atoms with Crippen molar-refractivity contribution in [2.24, 2.45) is 0 Å². The van der Waals surface area contributed by atoms with E-state index in [1.54, 1.807) is 12.3 Å². The number of H-pyrrole nitrogens is 2. The molecule has 11 heteroatoms. The summed E-state index contributed by atoms with van der Waals surface area (Å²) in [5.41, 5.74) is 1.25. The van der Waals surface area contributed by atoms with Crippen molar-refractivity contribution in [3.05, 3.63) is 40.3 Å². The van der Waals surface area contributed by atoms with E-state index in [-0.39, 0.29) is 48.4 Å². The largest absolute Gasteiger partial charge is 0.481 e. The Morgan fingerprint density at radius 1 is 1.32 bits per heavy atom. The number of aromatic amines is 2. The summed E-state index contributed by atoms with van der Waals surface area (Å²) in [6.07, 6.45) is 7.93. The second-order valence-electron chi connectivity index (χ2n) is 8.12. The number of aryl methyl sites for hydroxylation is 1. The molecule has 0 saturated carbocycles. The van der Waals surface area contributed by atoms with Gasteiger partial charge in [-0.3, -0.25) is 9.59 Å². The molecule has 3 aromatic rings. The summed E-state index contributed by atoms with van der Waals surface area (Å²) in [4.78, 5) is 29.2. The molecule has 34 heavy (non-hydrogen) atoms. The van der Waals surface area contributed by atoms with Crippen LogP contribution in [-0.4, -0.2) is 59.4 Å². The van der Waals surface area contributed by atoms with Gasteiger partial charge in [0, 0.05) is 48.0 Å². The predicted octanol–water partition coefficient (Wildman–Crippen LogP) is 2.46. The third-order valence-electron chi connectivity index (χ3n) is 5.35. The van der Waals surface area contributed by atoms with Crippen LogP contribution >= 0.6 is 12.4 Å². The zero-order chi connectivity index (χ0) is 24.2. The van der Waals surface area contributed by atoms with E-state index in [9.17, 15) is 18.0 Å². The average Bonchev–Trinajstić information content (AvgIpc) is 3.17. The lowest BCUT2D eigenvalue weighted by molar-refractivity contribution is -0.137. The molecule has 0 radical (unpaired) electrons. The summed E-state index contributed by atoms with van der Waals surface area (Å²) in [6, 6.07) is 4.77. The fraction of sp³-hybridized carbons (Fsp3) is 0.391. The molecule has 2 aromatic heterocycles. The van der Waals surface area contributed by atoms with Crippen LogP contribution in [0.2, 0.25) is 0 Å². The molecule has 0 fully saturated rings. The number of sulfonamides is 1. The van der Waals surface area contributed by atoms with Crippen LogP contribution in [0.3, 0.4) is 0 Å². The summed E-state index contributed by atoms with van der Waals surface area (Å²) >= 11 is 0. The highest BCUT2D eigenvalue weighted by Crippen LogP contribution is 2.29. The number of carbonyl (C=O) groups is 1. The quantitative estimate of drug-likeness (QED) is 0.294. The Labute approximate surface area is 204 Å². The number of pyridine rings is 1. The second-order valence-corrected chi connectivity index (χ2v) is 10.1. The van der Waals surface area contributed by atoms with Crippen LogP contribution in [0.5, 0.6) is 0 Å². The van der Waals surface area contributed by atoms with Gasteiger partial charge in [0.25, 0.3) is 5.56 Å². The maximum absolute atomic E-state index is 13.4. The molecule has 0 bridgehead atoms. The number of carboxylic acids is 1. The molecular weight excluding hydrogens is 480 g/mol. The number of hydrogen-bond acceptors (Lipinski definition) is 5. The van der Waals surface area contributed by atoms with Gasteiger partial charge in [0.15, 0.2) is 0 Å². The van der Waals surface area contributed by atoms with Gasteiger partial charge in [0.1, 0.15) is 5.52 Å². The minimum absolute atomic E-state index is 0. The number of halogens is 1. The Balaban J connectivity index is 0.00000408. The Hall–Kier alpha value is -2.84. The van der Waals surface area contributed by atoms with Gasteiger partial charge in [-0.1, -0.05) is 19.8 Å². The fourth-order valence-corrected chi connectivity index (χ4v) is 5.16. The third kappa shape index (κ3) is 5.98. The summed E-state index contributed by atoms with van der Waals surface area (Å²) < 4.78 is 28.0. The first kappa shape index (κ1) is 27.4. The SMILES string of the molecule is C#CCN(CCNC(C)C)S(=O)(=O)c1ccc2[nH]c(=O)c3[nH]cc(CCCC(=O)O)c3c2c1.Cl. The number of terminal acetylenes is 1. The zero-order valence-electron chi connectivity index (χ0n) is 19.1. The standard InChI is InChI=1S/C23H28N4O5S.ClH/c1-4-11-27(12-10-24-15(2)3)33(31,32)17-8-9-19-18(13-17)21-16(6-5-7-20(28)29)14-25-22(21)23(30)26-19;/h1,8-9,13-15,24-25H,5-7,10-12H2,2-3H3,(H,26,30)(H,28,29);1H. The van der Waals surface area contributed by atoms with Gasteiger partial charge >= 0.3 is 5.97 Å². The van der Waals surface area contributed by atoms with E-state index in [0.717, 1.165) is 5.56 Å². The lowest BCUT2D eigenvalue weighted by Gasteiger charge is -2.21. The van der Waals surface area contributed by atoms with E-state index in [1.165, 1.54) is 16.4 Å². The molecule has 0 spiro atoms. The number of aromatic nitrogens is 2. The van der Waals surface area contributed by atoms with E-state index in [2.05, 4.69) is 21.2 Å². The molecule has 4 N–H and O–H groups in total. The lowest BCUT2D eigenvalue weighted by Crippen LogP contribution is -2.38. The molecule has 3 rings (SSSR count). The van der Waals surface area contributed by atoms with Crippen LogP contribution in [-0.2, 0) is 21.2 Å². The van der Waals surface area contributed by atoms with Gasteiger partial charge in [-0.15, -0.1) is 18.8 Å². The van der Waals surface area contributed by atoms with Gasteiger partial charge in [-0.25, -0.2) is 8.42 Å². The molecule has 9 nitrogen and oxygen atoms in total. The molecule has 0 aliphatic carbocycles. The van der Waals surface area contributed by atoms with Gasteiger partial charge in [-0.05, 0) is 36.6 Å². The number of nitrogens with one attached hydrogen (secondary N) is 3. The van der Waals surface area contributed by atoms with Crippen LogP contribution in [0.4, 0.5) is 0 Å². The minimum Gasteiger partial charge on any atom is -0.481 e. The molecule has 0 atom stereocenters. The number of rotatable bonds is 11. The summed E-state index contributed by atoms with van der Waals surface area (Å²) in [5, 5.41) is 13.3. The highest BCUT2D eigenvalue weighted by molar-refractivity contribution is 7.89. The van der Waals surface area contributed by atoms with Crippen molar-refractivity contribution in [3.8, 4) is 12.3 Å². The zero-order valence-corrected chi connectivity index (χ0v) is 20.7. The minimum atomic E-state index is -3.88. The Morgan fingerprint density at radius 2 is 2.06 bits per heavy atom. The predicted molar refractivity (Wildman–Crippen MR) is 135 cm³/mol. The summed E-state index contributed by atoms with van der Waals surface area (Å²) in [6.45, 7) is 4.55. The van der Waals surface area contributed by atoms with Crippen molar-refractivity contribution in [2.45, 2.75) is 44.0 Å². The molecule has 0 aliphatic heterocycles. The maximum Gasteiger partial charge on any atom is 0.303 e. The monoisotopic (exact) mass is 508 g/mol. The molecule has 0 amide bonds. The van der Waals surface area contributed by atoms with E-state index in [4.69, 9.17) is 11.5 Å². The smallest absolute Gasteiger partial charge is 0.303 e. The van der Waals surface area contributed by atoms with Crippen molar-refractivity contribution in [2.75, 3.05) is 19.6 Å². The molecule has 1 aromatic carbocycles. The molecule has 0 saturated heterocycles. The highest BCUT2D eigenvalue weighted by Gasteiger charge is 2.25. The number of nitrogens with zero attached hydrogens (tertiary/aromatic N) is 1.